The van der Waals surface area contributed by atoms with Crippen molar-refractivity contribution in [2.75, 3.05) is 4.90 Å². The SMILES string of the molecule is C1=CCC2C(=C1)c1ccc(-c3ccc4c(c3)c3ccccc3n4-c3ccccc3)cc1N2c1nc2c(c(-c3ccccc3)n1)C=CCC2. The molecule has 1 unspecified atom stereocenters. The Morgan fingerprint density at radius 3 is 2.31 bits per heavy atom. The van der Waals surface area contributed by atoms with Gasteiger partial charge in [-0.1, -0.05) is 115 Å². The standard InChI is InChI=1S/C44H32N4/c1-3-13-29(14-4-1)43-36-19-7-10-20-38(36)45-44(46-43)48-40-22-12-8-17-33(40)35-25-23-31(28-42(35)48)30-24-26-41-37(27-30)34-18-9-11-21-39(34)47(41)32-15-5-2-6-16-32/h1-9,11-19,21,23-28,40H,10,20,22H2. The Labute approximate surface area is 279 Å². The van der Waals surface area contributed by atoms with Gasteiger partial charge in [0.15, 0.2) is 0 Å². The van der Waals surface area contributed by atoms with Crippen molar-refractivity contribution in [2.24, 2.45) is 0 Å². The highest BCUT2D eigenvalue weighted by molar-refractivity contribution is 6.10. The summed E-state index contributed by atoms with van der Waals surface area (Å²) < 4.78 is 2.37. The van der Waals surface area contributed by atoms with E-state index in [1.807, 2.05) is 0 Å². The molecule has 5 aromatic carbocycles. The molecule has 0 bridgehead atoms. The van der Waals surface area contributed by atoms with E-state index in [2.05, 4.69) is 161 Å². The molecular weight excluding hydrogens is 585 g/mol. The first kappa shape index (κ1) is 27.1. The number of aromatic nitrogens is 3. The van der Waals surface area contributed by atoms with E-state index in [0.717, 1.165) is 47.7 Å². The first-order chi connectivity index (χ1) is 23.8. The van der Waals surface area contributed by atoms with E-state index in [9.17, 15) is 0 Å². The van der Waals surface area contributed by atoms with Gasteiger partial charge in [0.25, 0.3) is 0 Å². The van der Waals surface area contributed by atoms with Crippen LogP contribution in [0.2, 0.25) is 0 Å². The molecule has 4 nitrogen and oxygen atoms in total. The normalized spacial score (nSPS) is 16.2. The molecule has 0 amide bonds. The zero-order valence-corrected chi connectivity index (χ0v) is 26.4. The molecule has 0 saturated carbocycles. The van der Waals surface area contributed by atoms with Crippen LogP contribution in [0.4, 0.5) is 11.6 Å². The molecule has 0 radical (unpaired) electrons. The van der Waals surface area contributed by atoms with Crippen LogP contribution in [0.15, 0.2) is 146 Å². The van der Waals surface area contributed by atoms with Crippen LogP contribution < -0.4 is 4.90 Å². The maximum absolute atomic E-state index is 5.35. The van der Waals surface area contributed by atoms with Crippen LogP contribution in [-0.4, -0.2) is 20.6 Å². The molecule has 3 heterocycles. The van der Waals surface area contributed by atoms with Crippen molar-refractivity contribution in [2.45, 2.75) is 25.3 Å². The highest BCUT2D eigenvalue weighted by atomic mass is 15.3. The molecule has 228 valence electrons. The van der Waals surface area contributed by atoms with E-state index in [4.69, 9.17) is 9.97 Å². The first-order valence-electron chi connectivity index (χ1n) is 16.8. The fourth-order valence-corrected chi connectivity index (χ4v) is 7.92. The Hall–Kier alpha value is -6.00. The molecule has 0 saturated heterocycles. The Morgan fingerprint density at radius 2 is 1.42 bits per heavy atom. The van der Waals surface area contributed by atoms with Crippen LogP contribution in [-0.2, 0) is 6.42 Å². The number of hydrogen-bond acceptors (Lipinski definition) is 3. The maximum atomic E-state index is 5.35. The number of rotatable bonds is 4. The van der Waals surface area contributed by atoms with Crippen molar-refractivity contribution in [1.82, 2.24) is 14.5 Å². The van der Waals surface area contributed by atoms with Gasteiger partial charge in [0.2, 0.25) is 5.95 Å². The summed E-state index contributed by atoms with van der Waals surface area (Å²) in [4.78, 5) is 13.0. The molecule has 3 aliphatic rings. The van der Waals surface area contributed by atoms with Gasteiger partial charge in [-0.3, -0.25) is 0 Å². The highest BCUT2D eigenvalue weighted by Gasteiger charge is 2.37. The van der Waals surface area contributed by atoms with E-state index in [0.29, 0.717) is 0 Å². The lowest BCUT2D eigenvalue weighted by molar-refractivity contribution is 0.790. The minimum Gasteiger partial charge on any atom is -0.309 e. The second-order valence-corrected chi connectivity index (χ2v) is 12.9. The minimum atomic E-state index is 0.160. The van der Waals surface area contributed by atoms with Gasteiger partial charge < -0.3 is 9.47 Å². The number of para-hydroxylation sites is 2. The monoisotopic (exact) mass is 616 g/mol. The quantitative estimate of drug-likeness (QED) is 0.197. The largest absolute Gasteiger partial charge is 0.309 e. The smallest absolute Gasteiger partial charge is 0.231 e. The second kappa shape index (κ2) is 10.8. The van der Waals surface area contributed by atoms with Gasteiger partial charge in [0.05, 0.1) is 34.2 Å². The van der Waals surface area contributed by atoms with Crippen LogP contribution in [0, 0.1) is 0 Å². The number of aryl methyl sites for hydroxylation is 1. The molecule has 48 heavy (non-hydrogen) atoms. The van der Waals surface area contributed by atoms with E-state index < -0.39 is 0 Å². The zero-order valence-electron chi connectivity index (χ0n) is 26.4. The van der Waals surface area contributed by atoms with Gasteiger partial charge in [0.1, 0.15) is 0 Å². The first-order valence-corrected chi connectivity index (χ1v) is 16.8. The number of allylic oxidation sites excluding steroid dienone is 3. The number of fused-ring (bicyclic) bond motifs is 7. The molecule has 0 N–H and O–H groups in total. The number of benzene rings is 5. The van der Waals surface area contributed by atoms with Gasteiger partial charge in [-0.2, -0.15) is 0 Å². The maximum Gasteiger partial charge on any atom is 0.231 e. The Balaban J connectivity index is 1.14. The Kier molecular flexibility index (Phi) is 6.10. The topological polar surface area (TPSA) is 34.0 Å². The second-order valence-electron chi connectivity index (χ2n) is 12.9. The minimum absolute atomic E-state index is 0.160. The third-order valence-electron chi connectivity index (χ3n) is 10.1. The lowest BCUT2D eigenvalue weighted by Gasteiger charge is -2.28. The van der Waals surface area contributed by atoms with Crippen molar-refractivity contribution < 1.29 is 0 Å². The lowest BCUT2D eigenvalue weighted by Crippen LogP contribution is -2.29. The molecule has 7 aromatic rings. The fourth-order valence-electron chi connectivity index (χ4n) is 7.92. The van der Waals surface area contributed by atoms with E-state index in [1.165, 1.54) is 55.4 Å². The van der Waals surface area contributed by atoms with Gasteiger partial charge in [-0.15, -0.1) is 0 Å². The molecule has 1 aliphatic heterocycles. The van der Waals surface area contributed by atoms with E-state index in [1.54, 1.807) is 0 Å². The summed E-state index contributed by atoms with van der Waals surface area (Å²) in [5.74, 6) is 0.784. The van der Waals surface area contributed by atoms with Gasteiger partial charge in [-0.05, 0) is 72.4 Å². The fraction of sp³-hybridized carbons (Fsp3) is 0.0909. The Morgan fingerprint density at radius 1 is 0.646 bits per heavy atom. The van der Waals surface area contributed by atoms with Crippen LogP contribution in [0.5, 0.6) is 0 Å². The van der Waals surface area contributed by atoms with Crippen molar-refractivity contribution in [3.05, 3.63) is 162 Å². The third kappa shape index (κ3) is 4.16. The molecular formula is C44H32N4. The average molecular weight is 617 g/mol. The van der Waals surface area contributed by atoms with Gasteiger partial charge in [0, 0.05) is 33.2 Å². The molecule has 0 spiro atoms. The highest BCUT2D eigenvalue weighted by Crippen LogP contribution is 2.49. The Bertz CT molecular complexity index is 2480. The molecule has 2 aromatic heterocycles. The zero-order chi connectivity index (χ0) is 31.6. The molecule has 10 rings (SSSR count). The van der Waals surface area contributed by atoms with Gasteiger partial charge >= 0.3 is 0 Å². The summed E-state index contributed by atoms with van der Waals surface area (Å²) in [6.45, 7) is 0. The van der Waals surface area contributed by atoms with E-state index in [-0.39, 0.29) is 6.04 Å². The van der Waals surface area contributed by atoms with Crippen molar-refractivity contribution in [3.63, 3.8) is 0 Å². The van der Waals surface area contributed by atoms with Crippen molar-refractivity contribution in [3.8, 4) is 28.1 Å². The number of anilines is 2. The van der Waals surface area contributed by atoms with Crippen LogP contribution in [0.1, 0.15) is 29.7 Å². The van der Waals surface area contributed by atoms with Crippen LogP contribution >= 0.6 is 0 Å². The summed E-state index contributed by atoms with van der Waals surface area (Å²) in [5.41, 5.74) is 14.2. The lowest BCUT2D eigenvalue weighted by atomic mass is 9.94. The number of nitrogens with zero attached hydrogens (tertiary/aromatic N) is 4. The van der Waals surface area contributed by atoms with Crippen molar-refractivity contribution >= 4 is 45.1 Å². The molecule has 1 atom stereocenters. The third-order valence-corrected chi connectivity index (χ3v) is 10.1. The average Bonchev–Trinajstić information content (AvgIpc) is 3.67. The van der Waals surface area contributed by atoms with Crippen LogP contribution in [0.25, 0.3) is 61.5 Å². The predicted octanol–water partition coefficient (Wildman–Crippen LogP) is 10.7. The predicted molar refractivity (Wildman–Crippen MR) is 199 cm³/mol. The summed E-state index contributed by atoms with van der Waals surface area (Å²) >= 11 is 0. The summed E-state index contributed by atoms with van der Waals surface area (Å²) in [6, 6.07) is 43.9. The summed E-state index contributed by atoms with van der Waals surface area (Å²) in [6.07, 6.45) is 14.0. The van der Waals surface area contributed by atoms with Crippen LogP contribution in [0.3, 0.4) is 0 Å². The van der Waals surface area contributed by atoms with E-state index >= 15 is 0 Å². The van der Waals surface area contributed by atoms with Gasteiger partial charge in [-0.25, -0.2) is 9.97 Å². The number of hydrogen-bond donors (Lipinski definition) is 0. The molecule has 2 aliphatic carbocycles. The summed E-state index contributed by atoms with van der Waals surface area (Å²) in [7, 11) is 0. The molecule has 4 heteroatoms. The van der Waals surface area contributed by atoms with Crippen molar-refractivity contribution in [1.29, 1.82) is 0 Å². The molecule has 0 fully saturated rings. The summed E-state index contributed by atoms with van der Waals surface area (Å²) in [5, 5.41) is 2.51.